The van der Waals surface area contributed by atoms with Gasteiger partial charge in [-0.25, -0.2) is 4.98 Å². The van der Waals surface area contributed by atoms with E-state index in [0.717, 1.165) is 5.01 Å². The molecule has 0 aliphatic carbocycles. The van der Waals surface area contributed by atoms with Crippen LogP contribution in [0.3, 0.4) is 0 Å². The highest BCUT2D eigenvalue weighted by molar-refractivity contribution is 7.13. The van der Waals surface area contributed by atoms with Crippen LogP contribution in [0.2, 0.25) is 0 Å². The van der Waals surface area contributed by atoms with Crippen molar-refractivity contribution in [2.75, 3.05) is 13.6 Å². The Morgan fingerprint density at radius 1 is 1.50 bits per heavy atom. The molecule has 0 bridgehead atoms. The summed E-state index contributed by atoms with van der Waals surface area (Å²) in [6, 6.07) is 0. The van der Waals surface area contributed by atoms with E-state index in [1.165, 1.54) is 11.3 Å². The molecule has 1 amide bonds. The molecular weight excluding hydrogens is 252 g/mol. The van der Waals surface area contributed by atoms with Crippen LogP contribution in [-0.4, -0.2) is 40.5 Å². The molecule has 6 heteroatoms. The van der Waals surface area contributed by atoms with E-state index in [1.54, 1.807) is 18.1 Å². The summed E-state index contributed by atoms with van der Waals surface area (Å²) in [5.41, 5.74) is 0. The summed E-state index contributed by atoms with van der Waals surface area (Å²) in [5.74, 6) is -0.616. The molecule has 0 radical (unpaired) electrons. The number of hydrogen-bond donors (Lipinski definition) is 1. The Morgan fingerprint density at radius 2 is 2.17 bits per heavy atom. The zero-order valence-corrected chi connectivity index (χ0v) is 11.7. The largest absolute Gasteiger partial charge is 0.481 e. The molecule has 0 aliphatic heterocycles. The van der Waals surface area contributed by atoms with Gasteiger partial charge in [0.05, 0.1) is 11.2 Å². The average Bonchev–Trinajstić information content (AvgIpc) is 2.76. The van der Waals surface area contributed by atoms with Gasteiger partial charge >= 0.3 is 5.97 Å². The first-order valence-corrected chi connectivity index (χ1v) is 6.66. The van der Waals surface area contributed by atoms with Crippen LogP contribution in [0, 0.1) is 0 Å². The van der Waals surface area contributed by atoms with Gasteiger partial charge in [-0.3, -0.25) is 9.59 Å². The Labute approximate surface area is 110 Å². The SMILES string of the molecule is CC(C)c1ncc(C(=O)N(C)CCCC(=O)O)s1. The minimum Gasteiger partial charge on any atom is -0.481 e. The zero-order chi connectivity index (χ0) is 13.7. The number of rotatable bonds is 6. The van der Waals surface area contributed by atoms with Crippen LogP contribution in [0.15, 0.2) is 6.20 Å². The minimum atomic E-state index is -0.837. The Morgan fingerprint density at radius 3 is 2.67 bits per heavy atom. The highest BCUT2D eigenvalue weighted by Gasteiger charge is 2.16. The van der Waals surface area contributed by atoms with E-state index in [4.69, 9.17) is 5.11 Å². The molecule has 1 aromatic rings. The lowest BCUT2D eigenvalue weighted by atomic mass is 10.2. The molecule has 0 atom stereocenters. The molecule has 18 heavy (non-hydrogen) atoms. The topological polar surface area (TPSA) is 70.5 Å². The quantitative estimate of drug-likeness (QED) is 0.860. The molecule has 0 fully saturated rings. The third kappa shape index (κ3) is 4.10. The molecule has 100 valence electrons. The lowest BCUT2D eigenvalue weighted by Crippen LogP contribution is -2.27. The van der Waals surface area contributed by atoms with E-state index in [-0.39, 0.29) is 12.3 Å². The average molecular weight is 270 g/mol. The molecule has 1 aromatic heterocycles. The van der Waals surface area contributed by atoms with Gasteiger partial charge in [0.2, 0.25) is 0 Å². The lowest BCUT2D eigenvalue weighted by molar-refractivity contribution is -0.137. The number of aromatic nitrogens is 1. The van der Waals surface area contributed by atoms with Crippen molar-refractivity contribution in [3.63, 3.8) is 0 Å². The van der Waals surface area contributed by atoms with Crippen LogP contribution < -0.4 is 0 Å². The van der Waals surface area contributed by atoms with Crippen LogP contribution in [0.4, 0.5) is 0 Å². The van der Waals surface area contributed by atoms with Crippen LogP contribution in [0.1, 0.15) is 47.3 Å². The van der Waals surface area contributed by atoms with Gasteiger partial charge in [-0.2, -0.15) is 0 Å². The van der Waals surface area contributed by atoms with E-state index >= 15 is 0 Å². The summed E-state index contributed by atoms with van der Waals surface area (Å²) >= 11 is 1.40. The Kier molecular flexibility index (Phi) is 5.27. The third-order valence-corrected chi connectivity index (χ3v) is 3.75. The van der Waals surface area contributed by atoms with Gasteiger partial charge in [0.1, 0.15) is 4.88 Å². The number of carboxylic acids is 1. The van der Waals surface area contributed by atoms with Crippen LogP contribution in [0.5, 0.6) is 0 Å². The fraction of sp³-hybridized carbons (Fsp3) is 0.583. The first-order valence-electron chi connectivity index (χ1n) is 5.84. The molecule has 0 aromatic carbocycles. The van der Waals surface area contributed by atoms with Crippen LogP contribution in [-0.2, 0) is 4.79 Å². The van der Waals surface area contributed by atoms with Crippen LogP contribution >= 0.6 is 11.3 Å². The molecular formula is C12H18N2O3S. The fourth-order valence-electron chi connectivity index (χ4n) is 1.41. The van der Waals surface area contributed by atoms with Crippen molar-refractivity contribution in [1.82, 2.24) is 9.88 Å². The van der Waals surface area contributed by atoms with E-state index < -0.39 is 5.97 Å². The Bertz CT molecular complexity index is 429. The van der Waals surface area contributed by atoms with Crippen molar-refractivity contribution in [3.8, 4) is 0 Å². The highest BCUT2D eigenvalue weighted by atomic mass is 32.1. The van der Waals surface area contributed by atoms with Gasteiger partial charge in [-0.15, -0.1) is 11.3 Å². The van der Waals surface area contributed by atoms with Gasteiger partial charge in [0.25, 0.3) is 5.91 Å². The van der Waals surface area contributed by atoms with Crippen molar-refractivity contribution < 1.29 is 14.7 Å². The maximum Gasteiger partial charge on any atom is 0.303 e. The van der Waals surface area contributed by atoms with E-state index in [0.29, 0.717) is 23.8 Å². The van der Waals surface area contributed by atoms with Crippen molar-refractivity contribution in [1.29, 1.82) is 0 Å². The number of aliphatic carboxylic acids is 1. The van der Waals surface area contributed by atoms with E-state index in [1.807, 2.05) is 13.8 Å². The third-order valence-electron chi connectivity index (χ3n) is 2.46. The van der Waals surface area contributed by atoms with Crippen LogP contribution in [0.25, 0.3) is 0 Å². The summed E-state index contributed by atoms with van der Waals surface area (Å²) in [6.45, 7) is 4.51. The fourth-order valence-corrected chi connectivity index (χ4v) is 2.33. The second kappa shape index (κ2) is 6.49. The van der Waals surface area contributed by atoms with Gasteiger partial charge in [-0.1, -0.05) is 13.8 Å². The Balaban J connectivity index is 2.54. The van der Waals surface area contributed by atoms with Crippen molar-refractivity contribution in [3.05, 3.63) is 16.1 Å². The first-order chi connectivity index (χ1) is 8.41. The van der Waals surface area contributed by atoms with E-state index in [2.05, 4.69) is 4.98 Å². The van der Waals surface area contributed by atoms with Gasteiger partial charge in [-0.05, 0) is 6.42 Å². The second-order valence-corrected chi connectivity index (χ2v) is 5.50. The Hall–Kier alpha value is -1.43. The number of amides is 1. The minimum absolute atomic E-state index is 0.0809. The second-order valence-electron chi connectivity index (χ2n) is 4.44. The standard InChI is InChI=1S/C12H18N2O3S/c1-8(2)11-13-7-9(18-11)12(17)14(3)6-4-5-10(15)16/h7-8H,4-6H2,1-3H3,(H,15,16). The number of thiazole rings is 1. The first kappa shape index (κ1) is 14.6. The zero-order valence-electron chi connectivity index (χ0n) is 10.8. The summed E-state index contributed by atoms with van der Waals surface area (Å²) in [6.07, 6.45) is 2.14. The maximum absolute atomic E-state index is 12.0. The maximum atomic E-state index is 12.0. The smallest absolute Gasteiger partial charge is 0.303 e. The molecule has 0 spiro atoms. The normalized spacial score (nSPS) is 10.7. The van der Waals surface area contributed by atoms with Gasteiger partial charge in [0.15, 0.2) is 0 Å². The van der Waals surface area contributed by atoms with Crippen molar-refractivity contribution in [2.45, 2.75) is 32.6 Å². The number of carbonyl (C=O) groups is 2. The number of carbonyl (C=O) groups excluding carboxylic acids is 1. The van der Waals surface area contributed by atoms with E-state index in [9.17, 15) is 9.59 Å². The summed E-state index contributed by atoms with van der Waals surface area (Å²) < 4.78 is 0. The monoisotopic (exact) mass is 270 g/mol. The molecule has 1 N–H and O–H groups in total. The lowest BCUT2D eigenvalue weighted by Gasteiger charge is -2.15. The molecule has 0 unspecified atom stereocenters. The molecule has 5 nitrogen and oxygen atoms in total. The highest BCUT2D eigenvalue weighted by Crippen LogP contribution is 2.21. The van der Waals surface area contributed by atoms with Gasteiger partial charge in [0, 0.05) is 25.9 Å². The molecule has 1 rings (SSSR count). The van der Waals surface area contributed by atoms with Gasteiger partial charge < -0.3 is 10.0 Å². The van der Waals surface area contributed by atoms with Crippen molar-refractivity contribution >= 4 is 23.2 Å². The molecule has 0 aliphatic rings. The summed E-state index contributed by atoms with van der Waals surface area (Å²) in [7, 11) is 1.68. The number of nitrogens with zero attached hydrogens (tertiary/aromatic N) is 2. The van der Waals surface area contributed by atoms with Crippen molar-refractivity contribution in [2.24, 2.45) is 0 Å². The summed E-state index contributed by atoms with van der Waals surface area (Å²) in [4.78, 5) is 28.7. The predicted molar refractivity (Wildman–Crippen MR) is 70.0 cm³/mol. The number of hydrogen-bond acceptors (Lipinski definition) is 4. The molecule has 1 heterocycles. The molecule has 0 saturated carbocycles. The molecule has 0 saturated heterocycles. The number of carboxylic acid groups (broad SMARTS) is 1. The predicted octanol–water partition coefficient (Wildman–Crippen LogP) is 2.20. The summed E-state index contributed by atoms with van der Waals surface area (Å²) in [5, 5.41) is 9.48.